The van der Waals surface area contributed by atoms with E-state index in [0.717, 1.165) is 37.8 Å². The lowest BCUT2D eigenvalue weighted by Crippen LogP contribution is -2.24. The molecule has 1 N–H and O–H groups in total. The molecule has 21 heavy (non-hydrogen) atoms. The standard InChI is InChI=1S/C18H27F2N/c1-2-12-21-18(11-8-14-6-4-3-5-7-14)16-10-9-15(19)13-17(16)20/h9-10,13-14,18,21H,2-8,11-12H2,1H3. The van der Waals surface area contributed by atoms with Crippen LogP contribution in [-0.2, 0) is 0 Å². The summed E-state index contributed by atoms with van der Waals surface area (Å²) < 4.78 is 27.1. The Morgan fingerprint density at radius 2 is 1.95 bits per heavy atom. The third-order valence-electron chi connectivity index (χ3n) is 4.57. The van der Waals surface area contributed by atoms with Crippen LogP contribution in [0.2, 0.25) is 0 Å². The monoisotopic (exact) mass is 295 g/mol. The zero-order chi connectivity index (χ0) is 15.1. The third kappa shape index (κ3) is 5.06. The van der Waals surface area contributed by atoms with Crippen molar-refractivity contribution >= 4 is 0 Å². The molecule has 0 aromatic heterocycles. The summed E-state index contributed by atoms with van der Waals surface area (Å²) in [6.45, 7) is 2.97. The predicted octanol–water partition coefficient (Wildman–Crippen LogP) is 5.37. The Morgan fingerprint density at radius 3 is 2.62 bits per heavy atom. The van der Waals surface area contributed by atoms with E-state index in [9.17, 15) is 8.78 Å². The maximum atomic E-state index is 14.0. The smallest absolute Gasteiger partial charge is 0.130 e. The molecule has 2 rings (SSSR count). The highest BCUT2D eigenvalue weighted by atomic mass is 19.1. The SMILES string of the molecule is CCCNC(CCC1CCCCC1)c1ccc(F)cc1F. The Bertz CT molecular complexity index is 427. The van der Waals surface area contributed by atoms with E-state index < -0.39 is 11.6 Å². The fraction of sp³-hybridized carbons (Fsp3) is 0.667. The molecule has 1 aliphatic carbocycles. The summed E-state index contributed by atoms with van der Waals surface area (Å²) in [6, 6.07) is 3.96. The van der Waals surface area contributed by atoms with Crippen molar-refractivity contribution in [2.45, 2.75) is 64.3 Å². The Morgan fingerprint density at radius 1 is 1.19 bits per heavy atom. The van der Waals surface area contributed by atoms with Gasteiger partial charge in [-0.1, -0.05) is 45.1 Å². The van der Waals surface area contributed by atoms with Crippen LogP contribution in [0, 0.1) is 17.6 Å². The zero-order valence-electron chi connectivity index (χ0n) is 13.0. The fourth-order valence-corrected chi connectivity index (χ4v) is 3.35. The molecule has 0 amide bonds. The van der Waals surface area contributed by atoms with Crippen molar-refractivity contribution in [1.29, 1.82) is 0 Å². The van der Waals surface area contributed by atoms with Gasteiger partial charge < -0.3 is 5.32 Å². The average molecular weight is 295 g/mol. The Labute approximate surface area is 127 Å². The number of nitrogens with one attached hydrogen (secondary N) is 1. The van der Waals surface area contributed by atoms with Gasteiger partial charge in [-0.3, -0.25) is 0 Å². The molecule has 0 bridgehead atoms. The maximum Gasteiger partial charge on any atom is 0.130 e. The molecule has 1 unspecified atom stereocenters. The second-order valence-corrected chi connectivity index (χ2v) is 6.25. The average Bonchev–Trinajstić information content (AvgIpc) is 2.49. The topological polar surface area (TPSA) is 12.0 Å². The molecule has 1 fully saturated rings. The summed E-state index contributed by atoms with van der Waals surface area (Å²) in [4.78, 5) is 0. The second kappa shape index (κ2) is 8.47. The van der Waals surface area contributed by atoms with E-state index in [0.29, 0.717) is 5.56 Å². The summed E-state index contributed by atoms with van der Waals surface area (Å²) in [5.74, 6) is -0.141. The Kier molecular flexibility index (Phi) is 6.62. The highest BCUT2D eigenvalue weighted by Crippen LogP contribution is 2.31. The van der Waals surface area contributed by atoms with Crippen LogP contribution >= 0.6 is 0 Å². The Balaban J connectivity index is 1.99. The van der Waals surface area contributed by atoms with Crippen LogP contribution in [0.5, 0.6) is 0 Å². The van der Waals surface area contributed by atoms with Crippen molar-refractivity contribution in [3.05, 3.63) is 35.4 Å². The molecule has 0 aliphatic heterocycles. The van der Waals surface area contributed by atoms with Gasteiger partial charge in [-0.2, -0.15) is 0 Å². The molecule has 0 radical (unpaired) electrons. The van der Waals surface area contributed by atoms with Gasteiger partial charge in [0, 0.05) is 17.7 Å². The summed E-state index contributed by atoms with van der Waals surface area (Å²) in [7, 11) is 0. The maximum absolute atomic E-state index is 14.0. The Hall–Kier alpha value is -0.960. The lowest BCUT2D eigenvalue weighted by Gasteiger charge is -2.25. The van der Waals surface area contributed by atoms with Crippen LogP contribution in [0.25, 0.3) is 0 Å². The quantitative estimate of drug-likeness (QED) is 0.713. The molecular formula is C18H27F2N. The number of benzene rings is 1. The molecule has 0 spiro atoms. The van der Waals surface area contributed by atoms with Gasteiger partial charge in [-0.25, -0.2) is 8.78 Å². The van der Waals surface area contributed by atoms with Crippen LogP contribution < -0.4 is 5.32 Å². The lowest BCUT2D eigenvalue weighted by molar-refractivity contribution is 0.312. The minimum absolute atomic E-state index is 0.00692. The van der Waals surface area contributed by atoms with Gasteiger partial charge in [-0.15, -0.1) is 0 Å². The molecule has 1 aromatic carbocycles. The van der Waals surface area contributed by atoms with E-state index >= 15 is 0 Å². The summed E-state index contributed by atoms with van der Waals surface area (Å²) in [5.41, 5.74) is 0.612. The molecule has 0 heterocycles. The minimum Gasteiger partial charge on any atom is -0.310 e. The summed E-state index contributed by atoms with van der Waals surface area (Å²) in [5, 5.41) is 3.42. The minimum atomic E-state index is -0.502. The number of halogens is 2. The first kappa shape index (κ1) is 16.4. The second-order valence-electron chi connectivity index (χ2n) is 6.25. The number of rotatable bonds is 7. The number of hydrogen-bond acceptors (Lipinski definition) is 1. The van der Waals surface area contributed by atoms with Crippen molar-refractivity contribution in [2.24, 2.45) is 5.92 Å². The lowest BCUT2D eigenvalue weighted by atomic mass is 9.84. The van der Waals surface area contributed by atoms with Gasteiger partial charge in [0.25, 0.3) is 0 Å². The molecule has 1 aliphatic rings. The molecule has 1 saturated carbocycles. The van der Waals surface area contributed by atoms with Gasteiger partial charge in [0.2, 0.25) is 0 Å². The first-order valence-electron chi connectivity index (χ1n) is 8.39. The van der Waals surface area contributed by atoms with E-state index in [4.69, 9.17) is 0 Å². The predicted molar refractivity (Wildman–Crippen MR) is 83.2 cm³/mol. The highest BCUT2D eigenvalue weighted by molar-refractivity contribution is 5.22. The van der Waals surface area contributed by atoms with E-state index in [-0.39, 0.29) is 6.04 Å². The van der Waals surface area contributed by atoms with E-state index in [1.807, 2.05) is 0 Å². The molecule has 118 valence electrons. The van der Waals surface area contributed by atoms with E-state index in [1.54, 1.807) is 6.07 Å². The van der Waals surface area contributed by atoms with Gasteiger partial charge >= 0.3 is 0 Å². The first-order valence-corrected chi connectivity index (χ1v) is 8.39. The van der Waals surface area contributed by atoms with Crippen LogP contribution in [-0.4, -0.2) is 6.54 Å². The molecule has 1 atom stereocenters. The van der Waals surface area contributed by atoms with Gasteiger partial charge in [-0.05, 0) is 37.8 Å². The van der Waals surface area contributed by atoms with E-state index in [1.165, 1.54) is 38.2 Å². The molecular weight excluding hydrogens is 268 g/mol. The normalized spacial score (nSPS) is 17.9. The van der Waals surface area contributed by atoms with Crippen LogP contribution in [0.3, 0.4) is 0 Å². The third-order valence-corrected chi connectivity index (χ3v) is 4.57. The largest absolute Gasteiger partial charge is 0.310 e. The van der Waals surface area contributed by atoms with Crippen LogP contribution in [0.1, 0.15) is 69.9 Å². The van der Waals surface area contributed by atoms with Gasteiger partial charge in [0.15, 0.2) is 0 Å². The molecule has 1 nitrogen and oxygen atoms in total. The van der Waals surface area contributed by atoms with Crippen molar-refractivity contribution in [3.63, 3.8) is 0 Å². The van der Waals surface area contributed by atoms with Gasteiger partial charge in [0.1, 0.15) is 11.6 Å². The summed E-state index contributed by atoms with van der Waals surface area (Å²) in [6.07, 6.45) is 9.75. The number of hydrogen-bond donors (Lipinski definition) is 1. The molecule has 0 saturated heterocycles. The van der Waals surface area contributed by atoms with E-state index in [2.05, 4.69) is 12.2 Å². The molecule has 3 heteroatoms. The van der Waals surface area contributed by atoms with Crippen molar-refractivity contribution in [2.75, 3.05) is 6.54 Å². The van der Waals surface area contributed by atoms with Crippen LogP contribution in [0.15, 0.2) is 18.2 Å². The van der Waals surface area contributed by atoms with Crippen molar-refractivity contribution in [1.82, 2.24) is 5.32 Å². The van der Waals surface area contributed by atoms with Crippen molar-refractivity contribution in [3.8, 4) is 0 Å². The first-order chi connectivity index (χ1) is 10.2. The highest BCUT2D eigenvalue weighted by Gasteiger charge is 2.19. The summed E-state index contributed by atoms with van der Waals surface area (Å²) >= 11 is 0. The van der Waals surface area contributed by atoms with Crippen LogP contribution in [0.4, 0.5) is 8.78 Å². The fourth-order valence-electron chi connectivity index (χ4n) is 3.35. The van der Waals surface area contributed by atoms with Crippen molar-refractivity contribution < 1.29 is 8.78 Å². The van der Waals surface area contributed by atoms with Gasteiger partial charge in [0.05, 0.1) is 0 Å². The molecule has 1 aromatic rings. The zero-order valence-corrected chi connectivity index (χ0v) is 13.0.